The Labute approximate surface area is 102 Å². The van der Waals surface area contributed by atoms with E-state index in [2.05, 4.69) is 17.4 Å². The molecular formula is C14H19NO2. The second kappa shape index (κ2) is 4.31. The number of rotatable bonds is 3. The quantitative estimate of drug-likeness (QED) is 0.862. The van der Waals surface area contributed by atoms with Crippen molar-refractivity contribution in [1.29, 1.82) is 0 Å². The SMILES string of the molecule is COc1ccc(C2(C3CCCN3)COC2)cc1. The van der Waals surface area contributed by atoms with E-state index in [1.54, 1.807) is 7.11 Å². The zero-order valence-electron chi connectivity index (χ0n) is 10.2. The molecule has 0 aromatic heterocycles. The van der Waals surface area contributed by atoms with Crippen molar-refractivity contribution in [3.8, 4) is 5.75 Å². The van der Waals surface area contributed by atoms with Crippen molar-refractivity contribution >= 4 is 0 Å². The third-order valence-electron chi connectivity index (χ3n) is 4.11. The largest absolute Gasteiger partial charge is 0.497 e. The fraction of sp³-hybridized carbons (Fsp3) is 0.571. The normalized spacial score (nSPS) is 26.5. The summed E-state index contributed by atoms with van der Waals surface area (Å²) < 4.78 is 10.7. The lowest BCUT2D eigenvalue weighted by Gasteiger charge is -2.46. The molecule has 1 unspecified atom stereocenters. The Bertz CT molecular complexity index is 378. The summed E-state index contributed by atoms with van der Waals surface area (Å²) in [5, 5.41) is 3.62. The molecule has 3 rings (SSSR count). The van der Waals surface area contributed by atoms with Gasteiger partial charge in [-0.25, -0.2) is 0 Å². The molecule has 0 bridgehead atoms. The molecule has 0 radical (unpaired) electrons. The van der Waals surface area contributed by atoms with Crippen LogP contribution in [0, 0.1) is 0 Å². The molecule has 2 fully saturated rings. The van der Waals surface area contributed by atoms with E-state index in [0.29, 0.717) is 6.04 Å². The molecule has 2 saturated heterocycles. The molecule has 1 atom stereocenters. The van der Waals surface area contributed by atoms with Crippen LogP contribution in [0.2, 0.25) is 0 Å². The van der Waals surface area contributed by atoms with Gasteiger partial charge in [0.05, 0.1) is 25.7 Å². The van der Waals surface area contributed by atoms with E-state index >= 15 is 0 Å². The van der Waals surface area contributed by atoms with Crippen LogP contribution in [0.15, 0.2) is 24.3 Å². The molecular weight excluding hydrogens is 214 g/mol. The molecule has 1 aromatic carbocycles. The zero-order valence-corrected chi connectivity index (χ0v) is 10.2. The second-order valence-corrected chi connectivity index (χ2v) is 5.03. The van der Waals surface area contributed by atoms with E-state index < -0.39 is 0 Å². The minimum atomic E-state index is 0.197. The topological polar surface area (TPSA) is 30.5 Å². The van der Waals surface area contributed by atoms with E-state index in [9.17, 15) is 0 Å². The highest BCUT2D eigenvalue weighted by Crippen LogP contribution is 2.39. The van der Waals surface area contributed by atoms with Crippen LogP contribution in [0.1, 0.15) is 18.4 Å². The number of benzene rings is 1. The van der Waals surface area contributed by atoms with Crippen LogP contribution >= 0.6 is 0 Å². The van der Waals surface area contributed by atoms with E-state index in [0.717, 1.165) is 25.5 Å². The van der Waals surface area contributed by atoms with Gasteiger partial charge >= 0.3 is 0 Å². The standard InChI is InChI=1S/C14H19NO2/c1-16-12-6-4-11(5-7-12)14(9-17-10-14)13-3-2-8-15-13/h4-7,13,15H,2-3,8-10H2,1H3. The molecule has 1 N–H and O–H groups in total. The highest BCUT2D eigenvalue weighted by Gasteiger charge is 2.47. The Balaban J connectivity index is 1.88. The lowest BCUT2D eigenvalue weighted by Crippen LogP contribution is -2.58. The maximum Gasteiger partial charge on any atom is 0.118 e. The molecule has 1 aromatic rings. The lowest BCUT2D eigenvalue weighted by molar-refractivity contribution is -0.0760. The summed E-state index contributed by atoms with van der Waals surface area (Å²) in [5.41, 5.74) is 1.58. The molecule has 0 amide bonds. The molecule has 0 saturated carbocycles. The Kier molecular flexibility index (Phi) is 2.81. The minimum absolute atomic E-state index is 0.197. The molecule has 2 aliphatic heterocycles. The Hall–Kier alpha value is -1.06. The zero-order chi connectivity index (χ0) is 11.7. The second-order valence-electron chi connectivity index (χ2n) is 5.03. The van der Waals surface area contributed by atoms with Gasteiger partial charge in [-0.15, -0.1) is 0 Å². The van der Waals surface area contributed by atoms with Gasteiger partial charge in [0.15, 0.2) is 0 Å². The Morgan fingerprint density at radius 2 is 2.06 bits per heavy atom. The van der Waals surface area contributed by atoms with Crippen LogP contribution in [-0.4, -0.2) is 32.9 Å². The fourth-order valence-corrected chi connectivity index (χ4v) is 2.97. The van der Waals surface area contributed by atoms with Crippen molar-refractivity contribution in [3.63, 3.8) is 0 Å². The van der Waals surface area contributed by atoms with Gasteiger partial charge in [-0.05, 0) is 37.1 Å². The van der Waals surface area contributed by atoms with Gasteiger partial charge in [0, 0.05) is 6.04 Å². The van der Waals surface area contributed by atoms with Crippen molar-refractivity contribution < 1.29 is 9.47 Å². The average Bonchev–Trinajstić information content (AvgIpc) is 2.83. The number of nitrogens with one attached hydrogen (secondary N) is 1. The molecule has 3 heteroatoms. The number of hydrogen-bond acceptors (Lipinski definition) is 3. The number of hydrogen-bond donors (Lipinski definition) is 1. The van der Waals surface area contributed by atoms with E-state index in [1.165, 1.54) is 18.4 Å². The summed E-state index contributed by atoms with van der Waals surface area (Å²) in [5.74, 6) is 0.920. The summed E-state index contributed by atoms with van der Waals surface area (Å²) in [6.45, 7) is 2.83. The minimum Gasteiger partial charge on any atom is -0.497 e. The predicted octanol–water partition coefficient (Wildman–Crippen LogP) is 1.72. The Morgan fingerprint density at radius 3 is 2.53 bits per heavy atom. The van der Waals surface area contributed by atoms with E-state index in [4.69, 9.17) is 9.47 Å². The van der Waals surface area contributed by atoms with Crippen LogP contribution in [0.4, 0.5) is 0 Å². The first-order valence-electron chi connectivity index (χ1n) is 6.31. The molecule has 17 heavy (non-hydrogen) atoms. The van der Waals surface area contributed by atoms with Crippen molar-refractivity contribution in [2.24, 2.45) is 0 Å². The summed E-state index contributed by atoms with van der Waals surface area (Å²) >= 11 is 0. The molecule has 2 aliphatic rings. The van der Waals surface area contributed by atoms with Crippen molar-refractivity contribution in [1.82, 2.24) is 5.32 Å². The third-order valence-corrected chi connectivity index (χ3v) is 4.11. The first-order chi connectivity index (χ1) is 8.35. The number of ether oxygens (including phenoxy) is 2. The monoisotopic (exact) mass is 233 g/mol. The molecule has 0 aliphatic carbocycles. The van der Waals surface area contributed by atoms with Crippen LogP contribution in [0.25, 0.3) is 0 Å². The van der Waals surface area contributed by atoms with E-state index in [1.807, 2.05) is 12.1 Å². The predicted molar refractivity (Wildman–Crippen MR) is 66.5 cm³/mol. The van der Waals surface area contributed by atoms with E-state index in [-0.39, 0.29) is 5.41 Å². The van der Waals surface area contributed by atoms with Gasteiger partial charge in [-0.2, -0.15) is 0 Å². The summed E-state index contributed by atoms with van der Waals surface area (Å²) in [6, 6.07) is 9.03. The fourth-order valence-electron chi connectivity index (χ4n) is 2.97. The Morgan fingerprint density at radius 1 is 1.29 bits per heavy atom. The van der Waals surface area contributed by atoms with Gasteiger partial charge in [-0.3, -0.25) is 0 Å². The summed E-state index contributed by atoms with van der Waals surface area (Å²) in [7, 11) is 1.70. The van der Waals surface area contributed by atoms with Crippen molar-refractivity contribution in [3.05, 3.63) is 29.8 Å². The summed E-state index contributed by atoms with van der Waals surface area (Å²) in [4.78, 5) is 0. The van der Waals surface area contributed by atoms with Crippen LogP contribution in [0.3, 0.4) is 0 Å². The maximum absolute atomic E-state index is 5.49. The summed E-state index contributed by atoms with van der Waals surface area (Å²) in [6.07, 6.45) is 2.54. The van der Waals surface area contributed by atoms with Gasteiger partial charge in [0.25, 0.3) is 0 Å². The van der Waals surface area contributed by atoms with Crippen LogP contribution in [-0.2, 0) is 10.2 Å². The average molecular weight is 233 g/mol. The van der Waals surface area contributed by atoms with Gasteiger partial charge in [-0.1, -0.05) is 12.1 Å². The van der Waals surface area contributed by atoms with Gasteiger partial charge in [0.1, 0.15) is 5.75 Å². The van der Waals surface area contributed by atoms with Gasteiger partial charge in [0.2, 0.25) is 0 Å². The van der Waals surface area contributed by atoms with Crippen LogP contribution < -0.4 is 10.1 Å². The van der Waals surface area contributed by atoms with Gasteiger partial charge < -0.3 is 14.8 Å². The molecule has 2 heterocycles. The molecule has 3 nitrogen and oxygen atoms in total. The van der Waals surface area contributed by atoms with Crippen molar-refractivity contribution in [2.75, 3.05) is 26.9 Å². The first kappa shape index (κ1) is 11.1. The van der Waals surface area contributed by atoms with Crippen molar-refractivity contribution in [2.45, 2.75) is 24.3 Å². The number of methoxy groups -OCH3 is 1. The lowest BCUT2D eigenvalue weighted by atomic mass is 9.72. The molecule has 0 spiro atoms. The molecule has 92 valence electrons. The first-order valence-corrected chi connectivity index (χ1v) is 6.31. The third kappa shape index (κ3) is 1.74. The highest BCUT2D eigenvalue weighted by molar-refractivity contribution is 5.36. The smallest absolute Gasteiger partial charge is 0.118 e. The van der Waals surface area contributed by atoms with Crippen LogP contribution in [0.5, 0.6) is 5.75 Å². The highest BCUT2D eigenvalue weighted by atomic mass is 16.5. The maximum atomic E-state index is 5.49.